The van der Waals surface area contributed by atoms with E-state index in [9.17, 15) is 4.79 Å². The standard InChI is InChI=1S/C19H25N3OS/c1-13(2)21-9-11-22(12-10-21)19(23)17-15(4)20-18(24-17)16-7-5-14(3)6-8-16/h5-8,13H,9-12H2,1-4H3. The summed E-state index contributed by atoms with van der Waals surface area (Å²) >= 11 is 1.51. The number of thiazole rings is 1. The molecule has 2 heterocycles. The van der Waals surface area contributed by atoms with Crippen LogP contribution < -0.4 is 0 Å². The molecule has 1 aliphatic rings. The van der Waals surface area contributed by atoms with Crippen LogP contribution in [0.5, 0.6) is 0 Å². The first kappa shape index (κ1) is 17.1. The molecule has 0 saturated carbocycles. The third-order valence-corrected chi connectivity index (χ3v) is 5.82. The Kier molecular flexibility index (Phi) is 5.01. The Bertz CT molecular complexity index is 713. The van der Waals surface area contributed by atoms with E-state index in [0.717, 1.165) is 47.3 Å². The fourth-order valence-corrected chi connectivity index (χ4v) is 4.04. The molecule has 1 aromatic heterocycles. The fourth-order valence-electron chi connectivity index (χ4n) is 3.00. The van der Waals surface area contributed by atoms with E-state index in [2.05, 4.69) is 54.9 Å². The highest BCUT2D eigenvalue weighted by Crippen LogP contribution is 2.29. The summed E-state index contributed by atoms with van der Waals surface area (Å²) in [5.41, 5.74) is 3.15. The number of nitrogens with zero attached hydrogens (tertiary/aromatic N) is 3. The van der Waals surface area contributed by atoms with E-state index in [-0.39, 0.29) is 5.91 Å². The molecule has 0 aliphatic carbocycles. The van der Waals surface area contributed by atoms with E-state index in [1.807, 2.05) is 11.8 Å². The molecule has 0 atom stereocenters. The number of amides is 1. The first-order valence-electron chi connectivity index (χ1n) is 8.53. The largest absolute Gasteiger partial charge is 0.335 e. The number of rotatable bonds is 3. The molecule has 0 bridgehead atoms. The van der Waals surface area contributed by atoms with Gasteiger partial charge in [-0.2, -0.15) is 0 Å². The molecular weight excluding hydrogens is 318 g/mol. The van der Waals surface area contributed by atoms with Gasteiger partial charge in [0.05, 0.1) is 5.69 Å². The Morgan fingerprint density at radius 2 is 1.71 bits per heavy atom. The minimum atomic E-state index is 0.131. The lowest BCUT2D eigenvalue weighted by atomic mass is 10.2. The molecule has 128 valence electrons. The van der Waals surface area contributed by atoms with Crippen LogP contribution in [0.15, 0.2) is 24.3 Å². The summed E-state index contributed by atoms with van der Waals surface area (Å²) < 4.78 is 0. The van der Waals surface area contributed by atoms with Gasteiger partial charge >= 0.3 is 0 Å². The summed E-state index contributed by atoms with van der Waals surface area (Å²) in [6.07, 6.45) is 0. The Morgan fingerprint density at radius 1 is 1.08 bits per heavy atom. The van der Waals surface area contributed by atoms with Crippen molar-refractivity contribution >= 4 is 17.2 Å². The minimum Gasteiger partial charge on any atom is -0.335 e. The summed E-state index contributed by atoms with van der Waals surface area (Å²) in [7, 11) is 0. The number of hydrogen-bond acceptors (Lipinski definition) is 4. The van der Waals surface area contributed by atoms with Crippen LogP contribution in [0.25, 0.3) is 10.6 Å². The van der Waals surface area contributed by atoms with Gasteiger partial charge in [0.25, 0.3) is 5.91 Å². The van der Waals surface area contributed by atoms with Crippen molar-refractivity contribution in [2.75, 3.05) is 26.2 Å². The van der Waals surface area contributed by atoms with Crippen molar-refractivity contribution in [3.63, 3.8) is 0 Å². The van der Waals surface area contributed by atoms with Crippen LogP contribution in [0.4, 0.5) is 0 Å². The predicted molar refractivity (Wildman–Crippen MR) is 99.6 cm³/mol. The van der Waals surface area contributed by atoms with E-state index >= 15 is 0 Å². The number of aryl methyl sites for hydroxylation is 2. The number of benzene rings is 1. The number of piperazine rings is 1. The lowest BCUT2D eigenvalue weighted by molar-refractivity contribution is 0.0599. The lowest BCUT2D eigenvalue weighted by Crippen LogP contribution is -2.50. The van der Waals surface area contributed by atoms with Crippen LogP contribution in [-0.4, -0.2) is 52.9 Å². The summed E-state index contributed by atoms with van der Waals surface area (Å²) in [6.45, 7) is 11.9. The van der Waals surface area contributed by atoms with Crippen molar-refractivity contribution in [1.82, 2.24) is 14.8 Å². The Hall–Kier alpha value is -1.72. The third-order valence-electron chi connectivity index (χ3n) is 4.62. The van der Waals surface area contributed by atoms with Gasteiger partial charge in [-0.15, -0.1) is 11.3 Å². The smallest absolute Gasteiger partial charge is 0.265 e. The molecule has 5 heteroatoms. The first-order valence-corrected chi connectivity index (χ1v) is 9.35. The topological polar surface area (TPSA) is 36.4 Å². The van der Waals surface area contributed by atoms with Crippen molar-refractivity contribution in [2.24, 2.45) is 0 Å². The third kappa shape index (κ3) is 3.52. The summed E-state index contributed by atoms with van der Waals surface area (Å²) in [5.74, 6) is 0.131. The van der Waals surface area contributed by atoms with Gasteiger partial charge in [0, 0.05) is 37.8 Å². The Morgan fingerprint density at radius 3 is 2.29 bits per heavy atom. The Labute approximate surface area is 148 Å². The second-order valence-electron chi connectivity index (χ2n) is 6.72. The molecule has 1 aromatic carbocycles. The molecule has 1 amide bonds. The molecular formula is C19H25N3OS. The average Bonchev–Trinajstić information content (AvgIpc) is 2.96. The zero-order valence-electron chi connectivity index (χ0n) is 14.9. The van der Waals surface area contributed by atoms with Crippen LogP contribution in [0.3, 0.4) is 0 Å². The van der Waals surface area contributed by atoms with Gasteiger partial charge in [0.2, 0.25) is 0 Å². The number of carbonyl (C=O) groups excluding carboxylic acids is 1. The molecule has 1 aliphatic heterocycles. The summed E-state index contributed by atoms with van der Waals surface area (Å²) in [5, 5.41) is 0.927. The van der Waals surface area contributed by atoms with Crippen LogP contribution in [0, 0.1) is 13.8 Å². The van der Waals surface area contributed by atoms with Gasteiger partial charge in [-0.3, -0.25) is 9.69 Å². The molecule has 0 N–H and O–H groups in total. The summed E-state index contributed by atoms with van der Waals surface area (Å²) in [4.78, 5) is 22.7. The number of carbonyl (C=O) groups is 1. The molecule has 0 radical (unpaired) electrons. The van der Waals surface area contributed by atoms with Crippen LogP contribution in [0.2, 0.25) is 0 Å². The lowest BCUT2D eigenvalue weighted by Gasteiger charge is -2.36. The van der Waals surface area contributed by atoms with Gasteiger partial charge in [-0.05, 0) is 27.7 Å². The van der Waals surface area contributed by atoms with Gasteiger partial charge < -0.3 is 4.90 Å². The van der Waals surface area contributed by atoms with Gasteiger partial charge in [0.15, 0.2) is 0 Å². The van der Waals surface area contributed by atoms with Crippen LogP contribution in [-0.2, 0) is 0 Å². The zero-order chi connectivity index (χ0) is 17.3. The number of hydrogen-bond donors (Lipinski definition) is 0. The summed E-state index contributed by atoms with van der Waals surface area (Å²) in [6, 6.07) is 8.85. The van der Waals surface area contributed by atoms with Crippen molar-refractivity contribution in [1.29, 1.82) is 0 Å². The maximum absolute atomic E-state index is 12.9. The van der Waals surface area contributed by atoms with Gasteiger partial charge in [-0.1, -0.05) is 29.8 Å². The molecule has 3 rings (SSSR count). The highest BCUT2D eigenvalue weighted by atomic mass is 32.1. The highest BCUT2D eigenvalue weighted by Gasteiger charge is 2.26. The van der Waals surface area contributed by atoms with Crippen molar-refractivity contribution in [3.05, 3.63) is 40.4 Å². The van der Waals surface area contributed by atoms with Crippen LogP contribution in [0.1, 0.15) is 34.8 Å². The van der Waals surface area contributed by atoms with Crippen molar-refractivity contribution < 1.29 is 4.79 Å². The molecule has 1 saturated heterocycles. The van der Waals surface area contributed by atoms with Crippen molar-refractivity contribution in [2.45, 2.75) is 33.7 Å². The van der Waals surface area contributed by atoms with Crippen molar-refractivity contribution in [3.8, 4) is 10.6 Å². The van der Waals surface area contributed by atoms with Crippen LogP contribution >= 0.6 is 11.3 Å². The fraction of sp³-hybridized carbons (Fsp3) is 0.474. The molecule has 1 fully saturated rings. The maximum atomic E-state index is 12.9. The molecule has 4 nitrogen and oxygen atoms in total. The second-order valence-corrected chi connectivity index (χ2v) is 7.72. The maximum Gasteiger partial charge on any atom is 0.265 e. The molecule has 2 aromatic rings. The Balaban J connectivity index is 1.75. The average molecular weight is 343 g/mol. The highest BCUT2D eigenvalue weighted by molar-refractivity contribution is 7.17. The zero-order valence-corrected chi connectivity index (χ0v) is 15.7. The van der Waals surface area contributed by atoms with E-state index in [1.54, 1.807) is 0 Å². The predicted octanol–water partition coefficient (Wildman–Crippen LogP) is 3.59. The quantitative estimate of drug-likeness (QED) is 0.854. The first-order chi connectivity index (χ1) is 11.5. The van der Waals surface area contributed by atoms with E-state index in [0.29, 0.717) is 6.04 Å². The molecule has 0 unspecified atom stereocenters. The van der Waals surface area contributed by atoms with E-state index in [4.69, 9.17) is 0 Å². The van der Waals surface area contributed by atoms with E-state index < -0.39 is 0 Å². The SMILES string of the molecule is Cc1ccc(-c2nc(C)c(C(=O)N3CCN(C(C)C)CC3)s2)cc1. The van der Waals surface area contributed by atoms with E-state index in [1.165, 1.54) is 16.9 Å². The molecule has 0 spiro atoms. The second kappa shape index (κ2) is 7.03. The molecule has 24 heavy (non-hydrogen) atoms. The number of aromatic nitrogens is 1. The van der Waals surface area contributed by atoms with Gasteiger partial charge in [-0.25, -0.2) is 4.98 Å². The monoisotopic (exact) mass is 343 g/mol. The van der Waals surface area contributed by atoms with Gasteiger partial charge in [0.1, 0.15) is 9.88 Å². The minimum absolute atomic E-state index is 0.131. The normalized spacial score (nSPS) is 16.0.